The molecule has 5 N–H and O–H groups in total. The zero-order valence-corrected chi connectivity index (χ0v) is 27.3. The molecule has 0 unspecified atom stereocenters. The lowest BCUT2D eigenvalue weighted by atomic mass is 10.2. The van der Waals surface area contributed by atoms with E-state index in [1.54, 1.807) is 0 Å². The monoisotopic (exact) mass is 686 g/mol. The van der Waals surface area contributed by atoms with Crippen LogP contribution in [0.2, 0.25) is 0 Å². The maximum Gasteiger partial charge on any atom is 0.293 e. The summed E-state index contributed by atoms with van der Waals surface area (Å²) in [4.78, 5) is 46.6. The van der Waals surface area contributed by atoms with Crippen LogP contribution in [0.3, 0.4) is 0 Å². The minimum atomic E-state index is -0.704. The number of hydrogen-bond acceptors (Lipinski definition) is 12. The van der Waals surface area contributed by atoms with E-state index in [1.807, 2.05) is 91.0 Å². The summed E-state index contributed by atoms with van der Waals surface area (Å²) in [6.07, 6.45) is 5.34. The van der Waals surface area contributed by atoms with Gasteiger partial charge in [0.2, 0.25) is 0 Å². The molecule has 0 aliphatic carbocycles. The summed E-state index contributed by atoms with van der Waals surface area (Å²) in [6.45, 7) is 1.59. The summed E-state index contributed by atoms with van der Waals surface area (Å²) < 4.78 is 1.56. The van der Waals surface area contributed by atoms with E-state index in [0.717, 1.165) is 21.4 Å². The fraction of sp³-hybridized carbons (Fsp3) is 0.135. The fourth-order valence-corrected chi connectivity index (χ4v) is 5.29. The molecule has 0 aliphatic rings. The van der Waals surface area contributed by atoms with Gasteiger partial charge >= 0.3 is 0 Å². The van der Waals surface area contributed by atoms with E-state index in [1.165, 1.54) is 25.0 Å². The first-order valence-electron chi connectivity index (χ1n) is 15.9. The van der Waals surface area contributed by atoms with E-state index in [9.17, 15) is 25.0 Å². The van der Waals surface area contributed by atoms with E-state index in [2.05, 4.69) is 30.6 Å². The molecule has 51 heavy (non-hydrogen) atoms. The first kappa shape index (κ1) is 34.2. The molecule has 0 saturated heterocycles. The lowest BCUT2D eigenvalue weighted by Gasteiger charge is -2.15. The number of aromatic nitrogens is 6. The Hall–Kier alpha value is -6.64. The third-order valence-electron chi connectivity index (χ3n) is 7.90. The van der Waals surface area contributed by atoms with Gasteiger partial charge in [0.05, 0.1) is 21.9 Å². The summed E-state index contributed by atoms with van der Waals surface area (Å²) in [5.41, 5.74) is 2.37. The highest BCUT2D eigenvalue weighted by atomic mass is 16.7. The summed E-state index contributed by atoms with van der Waals surface area (Å²) in [5, 5.41) is 37.6. The SMILES string of the molecule is O=c1c(CNCc2ccccc2)c(O)c2cncnc2n1O.O=c1c(CNCc2ccccc2)c(O)c2cncnc2n1OCc1ccccc1. The topological polar surface area (TPSA) is 190 Å². The van der Waals surface area contributed by atoms with Crippen molar-refractivity contribution < 1.29 is 20.3 Å². The standard InChI is InChI=1S/C22H20N4O3.C15H14N4O3/c27-20-18-12-24-15-25-21(18)26(29-14-17-9-5-2-6-10-17)22(28)19(20)13-23-11-16-7-3-1-4-8-16;20-13-11-7-17-9-18-14(11)19(22)15(21)12(13)8-16-6-10-4-2-1-3-5-10/h1-10,12,15,23,27H,11,13-14H2;1-5,7,9,16,20,22H,6,8H2. The summed E-state index contributed by atoms with van der Waals surface area (Å²) in [6, 6.07) is 29.0. The third kappa shape index (κ3) is 7.99. The predicted molar refractivity (Wildman–Crippen MR) is 189 cm³/mol. The maximum atomic E-state index is 13.0. The van der Waals surface area contributed by atoms with E-state index < -0.39 is 11.1 Å². The van der Waals surface area contributed by atoms with Crippen LogP contribution in [0.5, 0.6) is 11.5 Å². The second-order valence-electron chi connectivity index (χ2n) is 11.3. The Morgan fingerprint density at radius 1 is 0.588 bits per heavy atom. The van der Waals surface area contributed by atoms with Crippen molar-refractivity contribution in [2.75, 3.05) is 0 Å². The number of fused-ring (bicyclic) bond motifs is 2. The van der Waals surface area contributed by atoms with Gasteiger partial charge in [0.1, 0.15) is 30.8 Å². The third-order valence-corrected chi connectivity index (χ3v) is 7.90. The summed E-state index contributed by atoms with van der Waals surface area (Å²) in [5.74, 6) is -0.350. The second-order valence-corrected chi connectivity index (χ2v) is 11.3. The number of aromatic hydroxyl groups is 2. The highest BCUT2D eigenvalue weighted by Crippen LogP contribution is 2.25. The number of benzene rings is 3. The number of rotatable bonds is 11. The molecule has 0 amide bonds. The van der Waals surface area contributed by atoms with Gasteiger partial charge in [0, 0.05) is 38.6 Å². The molecule has 0 aliphatic heterocycles. The van der Waals surface area contributed by atoms with Crippen LogP contribution in [-0.4, -0.2) is 44.8 Å². The first-order valence-corrected chi connectivity index (χ1v) is 15.9. The molecule has 258 valence electrons. The molecule has 0 saturated carbocycles. The van der Waals surface area contributed by atoms with Gasteiger partial charge in [-0.2, -0.15) is 0 Å². The quantitative estimate of drug-likeness (QED) is 0.125. The molecule has 14 nitrogen and oxygen atoms in total. The Kier molecular flexibility index (Phi) is 10.9. The van der Waals surface area contributed by atoms with E-state index in [4.69, 9.17) is 4.84 Å². The van der Waals surface area contributed by atoms with Gasteiger partial charge in [-0.15, -0.1) is 9.46 Å². The van der Waals surface area contributed by atoms with Crippen molar-refractivity contribution >= 4 is 22.1 Å². The molecule has 4 heterocycles. The van der Waals surface area contributed by atoms with Crippen molar-refractivity contribution in [3.8, 4) is 11.5 Å². The van der Waals surface area contributed by atoms with Gasteiger partial charge in [0.25, 0.3) is 11.1 Å². The fourth-order valence-electron chi connectivity index (χ4n) is 5.29. The van der Waals surface area contributed by atoms with Gasteiger partial charge in [-0.1, -0.05) is 91.0 Å². The van der Waals surface area contributed by atoms with Crippen molar-refractivity contribution in [1.29, 1.82) is 0 Å². The zero-order valence-electron chi connectivity index (χ0n) is 27.3. The molecule has 0 fully saturated rings. The molecule has 3 aromatic carbocycles. The molecular formula is C37H34N8O6. The molecule has 14 heteroatoms. The van der Waals surface area contributed by atoms with Gasteiger partial charge in [-0.05, 0) is 16.7 Å². The van der Waals surface area contributed by atoms with Crippen molar-refractivity contribution in [3.63, 3.8) is 0 Å². The minimum absolute atomic E-state index is 0.0238. The van der Waals surface area contributed by atoms with Gasteiger partial charge in [-0.25, -0.2) is 19.9 Å². The Labute approximate surface area is 290 Å². The summed E-state index contributed by atoms with van der Waals surface area (Å²) >= 11 is 0. The van der Waals surface area contributed by atoms with E-state index in [-0.39, 0.29) is 59.0 Å². The van der Waals surface area contributed by atoms with Gasteiger partial charge < -0.3 is 30.9 Å². The average molecular weight is 687 g/mol. The van der Waals surface area contributed by atoms with Gasteiger partial charge in [0.15, 0.2) is 11.3 Å². The number of nitrogens with zero attached hydrogens (tertiary/aromatic N) is 6. The number of pyridine rings is 2. The van der Waals surface area contributed by atoms with Crippen molar-refractivity contribution in [2.45, 2.75) is 32.8 Å². The number of hydrogen-bond donors (Lipinski definition) is 5. The average Bonchev–Trinajstić information content (AvgIpc) is 3.18. The van der Waals surface area contributed by atoms with Crippen LogP contribution < -0.4 is 26.6 Å². The Bertz CT molecular complexity index is 2350. The van der Waals surface area contributed by atoms with E-state index >= 15 is 0 Å². The summed E-state index contributed by atoms with van der Waals surface area (Å²) in [7, 11) is 0. The lowest BCUT2D eigenvalue weighted by Crippen LogP contribution is -2.32. The van der Waals surface area contributed by atoms with Crippen LogP contribution in [0, 0.1) is 0 Å². The largest absolute Gasteiger partial charge is 0.507 e. The maximum absolute atomic E-state index is 13.0. The van der Waals surface area contributed by atoms with Crippen LogP contribution >= 0.6 is 0 Å². The molecule has 7 rings (SSSR count). The second kappa shape index (κ2) is 16.2. The van der Waals surface area contributed by atoms with Crippen molar-refractivity contribution in [1.82, 2.24) is 40.0 Å². The minimum Gasteiger partial charge on any atom is -0.507 e. The first-order chi connectivity index (χ1) is 24.9. The molecule has 0 radical (unpaired) electrons. The van der Waals surface area contributed by atoms with Crippen molar-refractivity contribution in [3.05, 3.63) is 165 Å². The van der Waals surface area contributed by atoms with Gasteiger partial charge in [-0.3, -0.25) is 9.59 Å². The normalized spacial score (nSPS) is 10.9. The lowest BCUT2D eigenvalue weighted by molar-refractivity contribution is 0.0967. The van der Waals surface area contributed by atoms with Crippen molar-refractivity contribution in [2.24, 2.45) is 0 Å². The Morgan fingerprint density at radius 3 is 1.57 bits per heavy atom. The molecule has 0 atom stereocenters. The number of nitrogens with one attached hydrogen (secondary N) is 2. The molecule has 0 spiro atoms. The van der Waals surface area contributed by atoms with Crippen LogP contribution in [0.25, 0.3) is 22.1 Å². The Morgan fingerprint density at radius 2 is 1.04 bits per heavy atom. The van der Waals surface area contributed by atoms with Crippen LogP contribution in [-0.2, 0) is 32.8 Å². The van der Waals surface area contributed by atoms with Crippen LogP contribution in [0.15, 0.2) is 126 Å². The molecule has 4 aromatic heterocycles. The highest BCUT2D eigenvalue weighted by molar-refractivity contribution is 5.82. The Balaban J connectivity index is 0.000000183. The molecule has 7 aromatic rings. The van der Waals surface area contributed by atoms with E-state index in [0.29, 0.717) is 23.2 Å². The highest BCUT2D eigenvalue weighted by Gasteiger charge is 2.19. The van der Waals surface area contributed by atoms with Crippen LogP contribution in [0.4, 0.5) is 0 Å². The van der Waals surface area contributed by atoms with Crippen LogP contribution in [0.1, 0.15) is 27.8 Å². The smallest absolute Gasteiger partial charge is 0.293 e. The molecule has 0 bridgehead atoms. The predicted octanol–water partition coefficient (Wildman–Crippen LogP) is 3.44. The molecular weight excluding hydrogens is 652 g/mol. The zero-order chi connectivity index (χ0) is 35.6.